The summed E-state index contributed by atoms with van der Waals surface area (Å²) in [5.74, 6) is 2.99. The van der Waals surface area contributed by atoms with Gasteiger partial charge in [0.15, 0.2) is 0 Å². The van der Waals surface area contributed by atoms with E-state index >= 15 is 4.39 Å². The first-order valence-electron chi connectivity index (χ1n) is 10.2. The van der Waals surface area contributed by atoms with E-state index < -0.39 is 11.8 Å². The van der Waals surface area contributed by atoms with Crippen molar-refractivity contribution in [2.24, 2.45) is 11.8 Å². The number of aromatic nitrogens is 3. The number of piperidine rings is 1. The molecule has 2 aromatic heterocycles. The average Bonchev–Trinajstić information content (AvgIpc) is 3.07. The van der Waals surface area contributed by atoms with Gasteiger partial charge in [-0.1, -0.05) is 12.0 Å². The largest absolute Gasteiger partial charge is 0.508 e. The topological polar surface area (TPSA) is 62.5 Å². The van der Waals surface area contributed by atoms with Crippen LogP contribution in [0.4, 0.5) is 8.78 Å². The Morgan fingerprint density at radius 3 is 2.74 bits per heavy atom. The second-order valence-corrected chi connectivity index (χ2v) is 8.33. The van der Waals surface area contributed by atoms with Gasteiger partial charge < -0.3 is 10.4 Å². The summed E-state index contributed by atoms with van der Waals surface area (Å²) >= 11 is 0. The van der Waals surface area contributed by atoms with Crippen LogP contribution in [0.15, 0.2) is 30.5 Å². The Morgan fingerprint density at radius 1 is 1.23 bits per heavy atom. The molecule has 2 aromatic carbocycles. The molecule has 1 aliphatic heterocycles. The summed E-state index contributed by atoms with van der Waals surface area (Å²) in [5, 5.41) is 14.4. The van der Waals surface area contributed by atoms with E-state index in [0.29, 0.717) is 39.9 Å². The van der Waals surface area contributed by atoms with Crippen molar-refractivity contribution < 1.29 is 13.9 Å². The third-order valence-electron chi connectivity index (χ3n) is 6.68. The van der Waals surface area contributed by atoms with Gasteiger partial charge in [-0.15, -0.1) is 6.42 Å². The van der Waals surface area contributed by atoms with Crippen LogP contribution in [0.5, 0.6) is 5.75 Å². The summed E-state index contributed by atoms with van der Waals surface area (Å²) in [7, 11) is 0. The number of halogens is 2. The van der Waals surface area contributed by atoms with Crippen LogP contribution in [0.25, 0.3) is 27.5 Å². The van der Waals surface area contributed by atoms with Gasteiger partial charge in [-0.2, -0.15) is 4.39 Å². The van der Waals surface area contributed by atoms with E-state index in [1.807, 2.05) is 0 Å². The van der Waals surface area contributed by atoms with Gasteiger partial charge in [0.1, 0.15) is 23.1 Å². The maximum atomic E-state index is 15.8. The van der Waals surface area contributed by atoms with Gasteiger partial charge in [0.25, 0.3) is 0 Å². The molecule has 0 amide bonds. The lowest BCUT2D eigenvalue weighted by Crippen LogP contribution is -2.14. The van der Waals surface area contributed by atoms with Crippen LogP contribution in [0.1, 0.15) is 23.0 Å². The quantitative estimate of drug-likeness (QED) is 0.489. The fourth-order valence-corrected chi connectivity index (χ4v) is 5.23. The molecule has 4 aromatic rings. The number of imidazole rings is 1. The average molecular weight is 416 g/mol. The minimum Gasteiger partial charge on any atom is -0.508 e. The van der Waals surface area contributed by atoms with Crippen molar-refractivity contribution in [1.82, 2.24) is 19.7 Å². The Balaban J connectivity index is 1.61. The van der Waals surface area contributed by atoms with E-state index in [1.54, 1.807) is 13.1 Å². The highest BCUT2D eigenvalue weighted by Crippen LogP contribution is 2.56. The Kier molecular flexibility index (Phi) is 3.69. The molecule has 1 saturated heterocycles. The number of rotatable bonds is 2. The van der Waals surface area contributed by atoms with Gasteiger partial charge in [-0.05, 0) is 55.4 Å². The van der Waals surface area contributed by atoms with Crippen LogP contribution in [0.3, 0.4) is 0 Å². The summed E-state index contributed by atoms with van der Waals surface area (Å²) in [5.41, 5.74) is 1.76. The van der Waals surface area contributed by atoms with Crippen molar-refractivity contribution in [2.75, 3.05) is 13.1 Å². The number of hydrogen-bond acceptors (Lipinski definition) is 4. The molecule has 0 spiro atoms. The Hall–Kier alpha value is -3.50. The number of fused-ring (bicyclic) bond motifs is 3. The Labute approximate surface area is 176 Å². The molecule has 2 fully saturated rings. The molecule has 5 nitrogen and oxygen atoms in total. The van der Waals surface area contributed by atoms with Crippen LogP contribution in [-0.4, -0.2) is 32.6 Å². The predicted octanol–water partition coefficient (Wildman–Crippen LogP) is 3.76. The summed E-state index contributed by atoms with van der Waals surface area (Å²) in [4.78, 5) is 9.07. The molecule has 7 heteroatoms. The molecular weight excluding hydrogens is 398 g/mol. The maximum Gasteiger partial charge on any atom is 0.226 e. The first-order valence-corrected chi connectivity index (χ1v) is 10.2. The highest BCUT2D eigenvalue weighted by Gasteiger charge is 2.55. The van der Waals surface area contributed by atoms with E-state index in [4.69, 9.17) is 6.42 Å². The van der Waals surface area contributed by atoms with Crippen LogP contribution in [-0.2, 0) is 0 Å². The summed E-state index contributed by atoms with van der Waals surface area (Å²) < 4.78 is 31.7. The summed E-state index contributed by atoms with van der Waals surface area (Å²) in [6.45, 7) is 3.67. The van der Waals surface area contributed by atoms with E-state index in [2.05, 4.69) is 21.2 Å². The second kappa shape index (κ2) is 6.25. The van der Waals surface area contributed by atoms with Gasteiger partial charge in [0.2, 0.25) is 5.95 Å². The highest BCUT2D eigenvalue weighted by atomic mass is 19.1. The number of nitrogens with zero attached hydrogens (tertiary/aromatic N) is 3. The summed E-state index contributed by atoms with van der Waals surface area (Å²) in [6, 6.07) is 5.58. The SMILES string of the molecule is C#Cc1c(F)ccc2cc(O)cc(-c3ncc4c(C5[C@H]6CNC[C@@H]56)nc(C)n4c3F)c12. The smallest absolute Gasteiger partial charge is 0.226 e. The molecule has 0 bridgehead atoms. The molecule has 3 heterocycles. The van der Waals surface area contributed by atoms with Crippen molar-refractivity contribution in [2.45, 2.75) is 12.8 Å². The van der Waals surface area contributed by atoms with Crippen molar-refractivity contribution in [3.63, 3.8) is 0 Å². The lowest BCUT2D eigenvalue weighted by molar-refractivity contribution is 0.476. The lowest BCUT2D eigenvalue weighted by Gasteiger charge is -2.12. The van der Waals surface area contributed by atoms with E-state index in [0.717, 1.165) is 18.8 Å². The van der Waals surface area contributed by atoms with Crippen LogP contribution < -0.4 is 5.32 Å². The summed E-state index contributed by atoms with van der Waals surface area (Å²) in [6.07, 6.45) is 7.17. The van der Waals surface area contributed by atoms with Crippen LogP contribution >= 0.6 is 0 Å². The molecule has 3 atom stereocenters. The number of benzene rings is 2. The Bertz CT molecular complexity index is 1440. The Morgan fingerprint density at radius 2 is 2.00 bits per heavy atom. The first-order chi connectivity index (χ1) is 15.0. The molecule has 154 valence electrons. The van der Waals surface area contributed by atoms with Gasteiger partial charge in [0, 0.05) is 16.9 Å². The zero-order valence-electron chi connectivity index (χ0n) is 16.7. The molecule has 0 radical (unpaired) electrons. The first kappa shape index (κ1) is 18.3. The zero-order valence-corrected chi connectivity index (χ0v) is 16.7. The van der Waals surface area contributed by atoms with E-state index in [-0.39, 0.29) is 22.6 Å². The van der Waals surface area contributed by atoms with Gasteiger partial charge >= 0.3 is 0 Å². The van der Waals surface area contributed by atoms with E-state index in [1.165, 1.54) is 28.7 Å². The maximum absolute atomic E-state index is 15.8. The fourth-order valence-electron chi connectivity index (χ4n) is 5.23. The lowest BCUT2D eigenvalue weighted by atomic mass is 9.96. The number of phenols is 1. The van der Waals surface area contributed by atoms with E-state index in [9.17, 15) is 9.50 Å². The number of aromatic hydroxyl groups is 1. The van der Waals surface area contributed by atoms with Gasteiger partial charge in [-0.25, -0.2) is 14.4 Å². The molecule has 31 heavy (non-hydrogen) atoms. The number of nitrogens with one attached hydrogen (secondary N) is 1. The van der Waals surface area contributed by atoms with Crippen molar-refractivity contribution >= 4 is 16.3 Å². The normalized spacial score (nSPS) is 22.1. The molecule has 2 N–H and O–H groups in total. The third kappa shape index (κ3) is 2.45. The van der Waals surface area contributed by atoms with Crippen molar-refractivity contribution in [3.8, 4) is 29.4 Å². The van der Waals surface area contributed by atoms with Crippen LogP contribution in [0, 0.1) is 42.9 Å². The monoisotopic (exact) mass is 416 g/mol. The van der Waals surface area contributed by atoms with Crippen LogP contribution in [0.2, 0.25) is 0 Å². The minimum absolute atomic E-state index is 0.00939. The molecule has 2 aliphatic rings. The predicted molar refractivity (Wildman–Crippen MR) is 113 cm³/mol. The molecular formula is C24H18F2N4O. The standard InChI is InChI=1S/C24H18F2N4O/c1-3-14-18(25)5-4-12-6-13(31)7-15(20(12)14)22-24(26)30-11(2)29-23(19(30)10-28-22)21-16-8-27-9-17(16)21/h1,4-7,10,16-17,21,27,31H,8-9H2,2H3/t16-,17+,21?. The number of phenolic OH excluding ortho intramolecular Hbond substituents is 1. The molecule has 1 aliphatic carbocycles. The number of terminal acetylenes is 1. The number of hydrogen-bond donors (Lipinski definition) is 2. The molecule has 1 saturated carbocycles. The molecule has 6 rings (SSSR count). The zero-order chi connectivity index (χ0) is 21.4. The van der Waals surface area contributed by atoms with Gasteiger partial charge in [-0.3, -0.25) is 4.40 Å². The fraction of sp³-hybridized carbons (Fsp3) is 0.250. The minimum atomic E-state index is -0.614. The molecule has 1 unspecified atom stereocenters. The van der Waals surface area contributed by atoms with Crippen molar-refractivity contribution in [3.05, 3.63) is 59.3 Å². The third-order valence-corrected chi connectivity index (χ3v) is 6.68. The second-order valence-electron chi connectivity index (χ2n) is 8.33. The number of aryl methyl sites for hydroxylation is 1. The van der Waals surface area contributed by atoms with Gasteiger partial charge in [0.05, 0.1) is 23.0 Å². The highest BCUT2D eigenvalue weighted by molar-refractivity contribution is 6.01. The van der Waals surface area contributed by atoms with Crippen molar-refractivity contribution in [1.29, 1.82) is 0 Å².